The van der Waals surface area contributed by atoms with Gasteiger partial charge in [-0.05, 0) is 65.2 Å². The van der Waals surface area contributed by atoms with Crippen molar-refractivity contribution in [1.29, 1.82) is 0 Å². The number of halogens is 1. The zero-order valence-electron chi connectivity index (χ0n) is 10.8. The number of aryl methyl sites for hydroxylation is 2. The van der Waals surface area contributed by atoms with Crippen molar-refractivity contribution in [1.82, 2.24) is 0 Å². The van der Waals surface area contributed by atoms with Gasteiger partial charge in [0.2, 0.25) is 0 Å². The Kier molecular flexibility index (Phi) is 3.90. The Morgan fingerprint density at radius 2 is 1.89 bits per heavy atom. The molecule has 0 heterocycles. The van der Waals surface area contributed by atoms with Crippen molar-refractivity contribution in [2.45, 2.75) is 13.8 Å². The lowest BCUT2D eigenvalue weighted by Crippen LogP contribution is -2.13. The molecule has 2 rings (SSSR count). The maximum atomic E-state index is 12.2. The fraction of sp³-hybridized carbons (Fsp3) is 0.133. The van der Waals surface area contributed by atoms with Gasteiger partial charge in [-0.25, -0.2) is 0 Å². The zero-order valence-corrected chi connectivity index (χ0v) is 12.4. The van der Waals surface area contributed by atoms with E-state index in [0.29, 0.717) is 11.3 Å². The van der Waals surface area contributed by atoms with Crippen LogP contribution in [-0.2, 0) is 0 Å². The minimum atomic E-state index is -0.144. The normalized spacial score (nSPS) is 10.3. The number of nitrogens with two attached hydrogens (primary N) is 1. The summed E-state index contributed by atoms with van der Waals surface area (Å²) >= 11 is 3.32. The summed E-state index contributed by atoms with van der Waals surface area (Å²) in [6, 6.07) is 11.1. The summed E-state index contributed by atoms with van der Waals surface area (Å²) in [6.07, 6.45) is 0. The lowest BCUT2D eigenvalue weighted by molar-refractivity contribution is 0.102. The molecule has 0 atom stereocenters. The molecule has 2 aromatic carbocycles. The highest BCUT2D eigenvalue weighted by molar-refractivity contribution is 9.10. The Morgan fingerprint density at radius 1 is 1.16 bits per heavy atom. The highest BCUT2D eigenvalue weighted by Crippen LogP contribution is 2.22. The van der Waals surface area contributed by atoms with E-state index in [4.69, 9.17) is 5.73 Å². The van der Waals surface area contributed by atoms with Crippen LogP contribution in [0.3, 0.4) is 0 Å². The predicted molar refractivity (Wildman–Crippen MR) is 82.4 cm³/mol. The summed E-state index contributed by atoms with van der Waals surface area (Å²) in [7, 11) is 0. The number of amides is 1. The number of hydrogen-bond acceptors (Lipinski definition) is 2. The highest BCUT2D eigenvalue weighted by Gasteiger charge is 2.09. The molecule has 1 amide bonds. The van der Waals surface area contributed by atoms with Crippen molar-refractivity contribution < 1.29 is 4.79 Å². The van der Waals surface area contributed by atoms with Crippen molar-refractivity contribution in [2.75, 3.05) is 11.1 Å². The smallest absolute Gasteiger partial charge is 0.255 e. The van der Waals surface area contributed by atoms with E-state index in [9.17, 15) is 4.79 Å². The van der Waals surface area contributed by atoms with E-state index in [2.05, 4.69) is 21.2 Å². The number of hydrogen-bond donors (Lipinski definition) is 2. The zero-order chi connectivity index (χ0) is 14.0. The lowest BCUT2D eigenvalue weighted by Gasteiger charge is -2.10. The first-order valence-electron chi connectivity index (χ1n) is 5.91. The van der Waals surface area contributed by atoms with Crippen LogP contribution in [0.4, 0.5) is 11.4 Å². The first-order valence-corrected chi connectivity index (χ1v) is 6.70. The Bertz CT molecular complexity index is 638. The summed E-state index contributed by atoms with van der Waals surface area (Å²) in [5.41, 5.74) is 9.87. The molecule has 0 saturated carbocycles. The number of carbonyl (C=O) groups excluding carboxylic acids is 1. The van der Waals surface area contributed by atoms with Gasteiger partial charge in [-0.3, -0.25) is 4.79 Å². The number of carbonyl (C=O) groups is 1. The van der Waals surface area contributed by atoms with Crippen LogP contribution in [0.15, 0.2) is 40.9 Å². The maximum Gasteiger partial charge on any atom is 0.255 e. The van der Waals surface area contributed by atoms with Crippen molar-refractivity contribution >= 4 is 33.2 Å². The van der Waals surface area contributed by atoms with E-state index in [1.807, 2.05) is 32.0 Å². The number of benzene rings is 2. The van der Waals surface area contributed by atoms with Crippen molar-refractivity contribution in [3.63, 3.8) is 0 Å². The quantitative estimate of drug-likeness (QED) is 0.825. The minimum Gasteiger partial charge on any atom is -0.398 e. The van der Waals surface area contributed by atoms with Gasteiger partial charge in [-0.2, -0.15) is 0 Å². The molecule has 0 aliphatic carbocycles. The molecule has 0 saturated heterocycles. The highest BCUT2D eigenvalue weighted by atomic mass is 79.9. The van der Waals surface area contributed by atoms with Crippen LogP contribution in [-0.4, -0.2) is 5.91 Å². The molecule has 19 heavy (non-hydrogen) atoms. The maximum absolute atomic E-state index is 12.2. The Hall–Kier alpha value is -1.81. The average Bonchev–Trinajstić information content (AvgIpc) is 2.37. The lowest BCUT2D eigenvalue weighted by atomic mass is 10.1. The van der Waals surface area contributed by atoms with Gasteiger partial charge in [0.05, 0.1) is 0 Å². The van der Waals surface area contributed by atoms with Crippen LogP contribution < -0.4 is 11.1 Å². The number of nitrogen functional groups attached to an aromatic ring is 1. The van der Waals surface area contributed by atoms with E-state index >= 15 is 0 Å². The van der Waals surface area contributed by atoms with E-state index in [1.165, 1.54) is 0 Å². The Labute approximate surface area is 121 Å². The van der Waals surface area contributed by atoms with Gasteiger partial charge in [0, 0.05) is 21.4 Å². The molecule has 0 bridgehead atoms. The van der Waals surface area contributed by atoms with Gasteiger partial charge in [0.1, 0.15) is 0 Å². The largest absolute Gasteiger partial charge is 0.398 e. The molecule has 3 N–H and O–H groups in total. The third kappa shape index (κ3) is 3.15. The first-order chi connectivity index (χ1) is 8.97. The second-order valence-electron chi connectivity index (χ2n) is 4.51. The second-order valence-corrected chi connectivity index (χ2v) is 5.36. The second kappa shape index (κ2) is 5.45. The number of anilines is 2. The van der Waals surface area contributed by atoms with Gasteiger partial charge in [0.25, 0.3) is 5.91 Å². The molecule has 0 spiro atoms. The monoisotopic (exact) mass is 318 g/mol. The fourth-order valence-corrected chi connectivity index (χ4v) is 2.11. The van der Waals surface area contributed by atoms with Crippen LogP contribution in [0.2, 0.25) is 0 Å². The van der Waals surface area contributed by atoms with Gasteiger partial charge in [-0.15, -0.1) is 0 Å². The van der Waals surface area contributed by atoms with Crippen LogP contribution in [0.5, 0.6) is 0 Å². The van der Waals surface area contributed by atoms with Gasteiger partial charge >= 0.3 is 0 Å². The van der Waals surface area contributed by atoms with Crippen molar-refractivity contribution in [3.05, 3.63) is 57.6 Å². The van der Waals surface area contributed by atoms with Crippen LogP contribution in [0.25, 0.3) is 0 Å². The number of nitrogens with one attached hydrogen (secondary N) is 1. The summed E-state index contributed by atoms with van der Waals surface area (Å²) in [5, 5.41) is 2.91. The SMILES string of the molecule is Cc1ccc(C)c(NC(=O)c2ccc(N)c(Br)c2)c1. The molecule has 0 aromatic heterocycles. The van der Waals surface area contributed by atoms with Gasteiger partial charge < -0.3 is 11.1 Å². The van der Waals surface area contributed by atoms with E-state index in [0.717, 1.165) is 21.3 Å². The molecule has 0 unspecified atom stereocenters. The predicted octanol–water partition coefficient (Wildman–Crippen LogP) is 3.90. The fourth-order valence-electron chi connectivity index (χ4n) is 1.73. The molecule has 98 valence electrons. The summed E-state index contributed by atoms with van der Waals surface area (Å²) < 4.78 is 0.723. The molecule has 4 heteroatoms. The van der Waals surface area contributed by atoms with E-state index in [1.54, 1.807) is 18.2 Å². The molecule has 0 aliphatic heterocycles. The minimum absolute atomic E-state index is 0.144. The van der Waals surface area contributed by atoms with Gasteiger partial charge in [-0.1, -0.05) is 12.1 Å². The molecule has 3 nitrogen and oxygen atoms in total. The van der Waals surface area contributed by atoms with E-state index < -0.39 is 0 Å². The topological polar surface area (TPSA) is 55.1 Å². The Morgan fingerprint density at radius 3 is 2.58 bits per heavy atom. The van der Waals surface area contributed by atoms with Crippen LogP contribution >= 0.6 is 15.9 Å². The molecular formula is C15H15BrN2O. The summed E-state index contributed by atoms with van der Waals surface area (Å²) in [5.74, 6) is -0.144. The number of rotatable bonds is 2. The molecule has 0 radical (unpaired) electrons. The molecule has 2 aromatic rings. The molecule has 0 aliphatic rings. The van der Waals surface area contributed by atoms with Crippen molar-refractivity contribution in [2.24, 2.45) is 0 Å². The summed E-state index contributed by atoms with van der Waals surface area (Å²) in [4.78, 5) is 12.2. The Balaban J connectivity index is 2.25. The standard InChI is InChI=1S/C15H15BrN2O/c1-9-3-4-10(2)14(7-9)18-15(19)11-5-6-13(17)12(16)8-11/h3-8H,17H2,1-2H3,(H,18,19). The van der Waals surface area contributed by atoms with Crippen LogP contribution in [0, 0.1) is 13.8 Å². The average molecular weight is 319 g/mol. The summed E-state index contributed by atoms with van der Waals surface area (Å²) in [6.45, 7) is 3.96. The third-order valence-electron chi connectivity index (χ3n) is 2.90. The van der Waals surface area contributed by atoms with Crippen LogP contribution in [0.1, 0.15) is 21.5 Å². The van der Waals surface area contributed by atoms with Crippen molar-refractivity contribution in [3.8, 4) is 0 Å². The molecular weight excluding hydrogens is 304 g/mol. The third-order valence-corrected chi connectivity index (χ3v) is 3.59. The first kappa shape index (κ1) is 13.6. The van der Waals surface area contributed by atoms with Gasteiger partial charge in [0.15, 0.2) is 0 Å². The molecule has 0 fully saturated rings. The van der Waals surface area contributed by atoms with E-state index in [-0.39, 0.29) is 5.91 Å².